The van der Waals surface area contributed by atoms with Gasteiger partial charge in [0.15, 0.2) is 0 Å². The van der Waals surface area contributed by atoms with E-state index < -0.39 is 0 Å². The van der Waals surface area contributed by atoms with Gasteiger partial charge in [0, 0.05) is 36.3 Å². The highest BCUT2D eigenvalue weighted by Gasteiger charge is 2.12. The van der Waals surface area contributed by atoms with Crippen molar-refractivity contribution in [2.75, 3.05) is 33.3 Å². The van der Waals surface area contributed by atoms with Crippen LogP contribution in [0.1, 0.15) is 12.0 Å². The van der Waals surface area contributed by atoms with Crippen molar-refractivity contribution >= 4 is 23.6 Å². The normalized spacial score (nSPS) is 16.2. The van der Waals surface area contributed by atoms with Gasteiger partial charge in [-0.05, 0) is 37.2 Å². The van der Waals surface area contributed by atoms with Crippen LogP contribution in [-0.2, 0) is 4.79 Å². The highest BCUT2D eigenvalue weighted by molar-refractivity contribution is 6.30. The molecular formula is C15H19ClN2O2. The Bertz CT molecular complexity index is 495. The summed E-state index contributed by atoms with van der Waals surface area (Å²) in [6, 6.07) is 5.34. The fraction of sp³-hybridized carbons (Fsp3) is 0.400. The van der Waals surface area contributed by atoms with Crippen LogP contribution in [0.5, 0.6) is 5.75 Å². The summed E-state index contributed by atoms with van der Waals surface area (Å²) in [7, 11) is 1.60. The average molecular weight is 295 g/mol. The van der Waals surface area contributed by atoms with Crippen molar-refractivity contribution < 1.29 is 9.53 Å². The Morgan fingerprint density at radius 2 is 2.25 bits per heavy atom. The highest BCUT2D eigenvalue weighted by atomic mass is 35.5. The smallest absolute Gasteiger partial charge is 0.246 e. The number of amides is 1. The molecule has 1 aromatic carbocycles. The zero-order chi connectivity index (χ0) is 14.4. The summed E-state index contributed by atoms with van der Waals surface area (Å²) in [5.41, 5.74) is 0.807. The monoisotopic (exact) mass is 294 g/mol. The number of ether oxygens (including phenoxy) is 1. The number of nitrogens with zero attached hydrogens (tertiary/aromatic N) is 1. The third-order valence-corrected chi connectivity index (χ3v) is 3.48. The van der Waals surface area contributed by atoms with E-state index in [0.29, 0.717) is 10.8 Å². The summed E-state index contributed by atoms with van der Waals surface area (Å²) in [6.45, 7) is 3.36. The molecule has 20 heavy (non-hydrogen) atoms. The maximum Gasteiger partial charge on any atom is 0.246 e. The van der Waals surface area contributed by atoms with Crippen molar-refractivity contribution in [3.8, 4) is 5.75 Å². The van der Waals surface area contributed by atoms with Gasteiger partial charge < -0.3 is 15.0 Å². The van der Waals surface area contributed by atoms with Gasteiger partial charge in [-0.2, -0.15) is 0 Å². The number of benzene rings is 1. The summed E-state index contributed by atoms with van der Waals surface area (Å²) in [5, 5.41) is 3.90. The molecule has 1 aliphatic heterocycles. The summed E-state index contributed by atoms with van der Waals surface area (Å²) >= 11 is 5.97. The summed E-state index contributed by atoms with van der Waals surface area (Å²) in [6.07, 6.45) is 4.32. The van der Waals surface area contributed by atoms with Crippen molar-refractivity contribution in [2.45, 2.75) is 6.42 Å². The standard InChI is InChI=1S/C15H19ClN2O2/c1-20-14-5-4-13(16)11-12(14)3-6-15(19)18-9-2-7-17-8-10-18/h3-6,11,17H,2,7-10H2,1H3/b6-3+. The molecule has 4 nitrogen and oxygen atoms in total. The number of methoxy groups -OCH3 is 1. The van der Waals surface area contributed by atoms with E-state index in [2.05, 4.69) is 5.32 Å². The van der Waals surface area contributed by atoms with Crippen molar-refractivity contribution in [2.24, 2.45) is 0 Å². The van der Waals surface area contributed by atoms with E-state index in [9.17, 15) is 4.79 Å². The van der Waals surface area contributed by atoms with Crippen LogP contribution < -0.4 is 10.1 Å². The van der Waals surface area contributed by atoms with Gasteiger partial charge in [-0.1, -0.05) is 11.6 Å². The number of hydrogen-bond donors (Lipinski definition) is 1. The minimum Gasteiger partial charge on any atom is -0.496 e. The molecule has 0 aromatic heterocycles. The van der Waals surface area contributed by atoms with E-state index >= 15 is 0 Å². The third kappa shape index (κ3) is 3.99. The number of carbonyl (C=O) groups is 1. The Morgan fingerprint density at radius 3 is 3.05 bits per heavy atom. The van der Waals surface area contributed by atoms with Crippen molar-refractivity contribution in [1.29, 1.82) is 0 Å². The van der Waals surface area contributed by atoms with Gasteiger partial charge in [-0.25, -0.2) is 0 Å². The fourth-order valence-electron chi connectivity index (χ4n) is 2.17. The number of rotatable bonds is 3. The van der Waals surface area contributed by atoms with E-state index in [1.165, 1.54) is 0 Å². The van der Waals surface area contributed by atoms with Crippen molar-refractivity contribution in [1.82, 2.24) is 10.2 Å². The highest BCUT2D eigenvalue weighted by Crippen LogP contribution is 2.23. The molecule has 5 heteroatoms. The van der Waals surface area contributed by atoms with Crippen LogP contribution in [0, 0.1) is 0 Å². The molecule has 1 N–H and O–H groups in total. The maximum atomic E-state index is 12.1. The largest absolute Gasteiger partial charge is 0.496 e. The lowest BCUT2D eigenvalue weighted by Crippen LogP contribution is -2.32. The first-order valence-electron chi connectivity index (χ1n) is 6.72. The molecule has 0 saturated carbocycles. The molecule has 108 valence electrons. The molecule has 2 rings (SSSR count). The van der Waals surface area contributed by atoms with Crippen LogP contribution in [0.3, 0.4) is 0 Å². The van der Waals surface area contributed by atoms with Gasteiger partial charge in [0.1, 0.15) is 5.75 Å². The van der Waals surface area contributed by atoms with Crippen LogP contribution in [0.2, 0.25) is 5.02 Å². The Balaban J connectivity index is 2.08. The second-order valence-electron chi connectivity index (χ2n) is 4.65. The molecule has 0 bridgehead atoms. The van der Waals surface area contributed by atoms with Crippen LogP contribution >= 0.6 is 11.6 Å². The maximum absolute atomic E-state index is 12.1. The zero-order valence-electron chi connectivity index (χ0n) is 11.6. The first kappa shape index (κ1) is 14.9. The molecule has 0 spiro atoms. The van der Waals surface area contributed by atoms with E-state index in [4.69, 9.17) is 16.3 Å². The first-order valence-corrected chi connectivity index (χ1v) is 7.10. The molecule has 0 radical (unpaired) electrons. The van der Waals surface area contributed by atoms with Crippen LogP contribution in [-0.4, -0.2) is 44.1 Å². The molecule has 1 amide bonds. The van der Waals surface area contributed by atoms with Gasteiger partial charge in [0.05, 0.1) is 7.11 Å². The Hall–Kier alpha value is -1.52. The lowest BCUT2D eigenvalue weighted by atomic mass is 10.2. The zero-order valence-corrected chi connectivity index (χ0v) is 12.3. The van der Waals surface area contributed by atoms with Crippen LogP contribution in [0.25, 0.3) is 6.08 Å². The lowest BCUT2D eigenvalue weighted by molar-refractivity contribution is -0.125. The predicted molar refractivity (Wildman–Crippen MR) is 81.1 cm³/mol. The number of halogens is 1. The lowest BCUT2D eigenvalue weighted by Gasteiger charge is -2.17. The van der Waals surface area contributed by atoms with E-state index in [0.717, 1.165) is 38.2 Å². The van der Waals surface area contributed by atoms with Gasteiger partial charge >= 0.3 is 0 Å². The predicted octanol–water partition coefficient (Wildman–Crippen LogP) is 2.18. The van der Waals surface area contributed by atoms with Gasteiger partial charge in [-0.3, -0.25) is 4.79 Å². The average Bonchev–Trinajstić information content (AvgIpc) is 2.74. The molecule has 1 aliphatic rings. The number of carbonyl (C=O) groups excluding carboxylic acids is 1. The molecule has 1 heterocycles. The first-order chi connectivity index (χ1) is 9.70. The third-order valence-electron chi connectivity index (χ3n) is 3.25. The second-order valence-corrected chi connectivity index (χ2v) is 5.08. The molecule has 0 atom stereocenters. The van der Waals surface area contributed by atoms with Crippen molar-refractivity contribution in [3.63, 3.8) is 0 Å². The van der Waals surface area contributed by atoms with Gasteiger partial charge in [0.25, 0.3) is 0 Å². The van der Waals surface area contributed by atoms with E-state index in [1.54, 1.807) is 37.5 Å². The van der Waals surface area contributed by atoms with Crippen molar-refractivity contribution in [3.05, 3.63) is 34.9 Å². The summed E-state index contributed by atoms with van der Waals surface area (Å²) in [4.78, 5) is 14.0. The molecular weight excluding hydrogens is 276 g/mol. The Morgan fingerprint density at radius 1 is 1.40 bits per heavy atom. The summed E-state index contributed by atoms with van der Waals surface area (Å²) in [5.74, 6) is 0.728. The molecule has 1 aromatic rings. The Labute approximate surface area is 124 Å². The quantitative estimate of drug-likeness (QED) is 0.869. The van der Waals surface area contributed by atoms with E-state index in [-0.39, 0.29) is 5.91 Å². The SMILES string of the molecule is COc1ccc(Cl)cc1/C=C/C(=O)N1CCCNCC1. The topological polar surface area (TPSA) is 41.6 Å². The van der Waals surface area contributed by atoms with Gasteiger partial charge in [0.2, 0.25) is 5.91 Å². The Kier molecular flexibility index (Phi) is 5.44. The summed E-state index contributed by atoms with van der Waals surface area (Å²) < 4.78 is 5.25. The van der Waals surface area contributed by atoms with Crippen LogP contribution in [0.15, 0.2) is 24.3 Å². The molecule has 1 fully saturated rings. The molecule has 0 unspecified atom stereocenters. The van der Waals surface area contributed by atoms with Gasteiger partial charge in [-0.15, -0.1) is 0 Å². The number of hydrogen-bond acceptors (Lipinski definition) is 3. The second kappa shape index (κ2) is 7.31. The fourth-order valence-corrected chi connectivity index (χ4v) is 2.35. The minimum absolute atomic E-state index is 0.0238. The molecule has 1 saturated heterocycles. The van der Waals surface area contributed by atoms with Crippen LogP contribution in [0.4, 0.5) is 0 Å². The van der Waals surface area contributed by atoms with E-state index in [1.807, 2.05) is 4.90 Å². The minimum atomic E-state index is 0.0238. The number of nitrogens with one attached hydrogen (secondary N) is 1. The molecule has 0 aliphatic carbocycles.